The second kappa shape index (κ2) is 5.97. The predicted molar refractivity (Wildman–Crippen MR) is 74.2 cm³/mol. The number of hydrogen-bond donors (Lipinski definition) is 2. The van der Waals surface area contributed by atoms with Gasteiger partial charge >= 0.3 is 5.69 Å². The molecule has 0 fully saturated rings. The zero-order chi connectivity index (χ0) is 13.8. The molecule has 2 aromatic rings. The minimum absolute atomic E-state index is 0.250. The van der Waals surface area contributed by atoms with Crippen molar-refractivity contribution in [3.8, 4) is 0 Å². The van der Waals surface area contributed by atoms with Crippen LogP contribution in [0.2, 0.25) is 0 Å². The van der Waals surface area contributed by atoms with Gasteiger partial charge in [0, 0.05) is 24.2 Å². The second-order valence-electron chi connectivity index (χ2n) is 5.23. The van der Waals surface area contributed by atoms with Crippen LogP contribution in [0.5, 0.6) is 0 Å². The number of nitrogens with zero attached hydrogens (tertiary/aromatic N) is 3. The van der Waals surface area contributed by atoms with Crippen LogP contribution in [-0.4, -0.2) is 32.2 Å². The molecule has 0 aliphatic rings. The third-order valence-electron chi connectivity index (χ3n) is 3.07. The molecular formula is C13H21N5O. The number of aromatic nitrogens is 4. The molecule has 1 unspecified atom stereocenters. The highest BCUT2D eigenvalue weighted by atomic mass is 16.1. The van der Waals surface area contributed by atoms with E-state index >= 15 is 0 Å². The highest BCUT2D eigenvalue weighted by Crippen LogP contribution is 2.10. The van der Waals surface area contributed by atoms with Gasteiger partial charge in [-0.15, -0.1) is 0 Å². The van der Waals surface area contributed by atoms with E-state index in [1.165, 1.54) is 10.7 Å². The highest BCUT2D eigenvalue weighted by Gasteiger charge is 2.12. The Kier molecular flexibility index (Phi) is 4.31. The molecule has 2 aromatic heterocycles. The molecule has 0 bridgehead atoms. The third kappa shape index (κ3) is 3.41. The molecule has 0 aliphatic heterocycles. The molecule has 2 rings (SSSR count). The fraction of sp³-hybridized carbons (Fsp3) is 0.615. The molecule has 2 N–H and O–H groups in total. The van der Waals surface area contributed by atoms with Crippen LogP contribution in [0, 0.1) is 5.92 Å². The summed E-state index contributed by atoms with van der Waals surface area (Å²) in [5.74, 6) is 0.640. The van der Waals surface area contributed by atoms with Crippen molar-refractivity contribution < 1.29 is 0 Å². The van der Waals surface area contributed by atoms with Gasteiger partial charge in [0.25, 0.3) is 0 Å². The van der Waals surface area contributed by atoms with Crippen LogP contribution >= 0.6 is 0 Å². The van der Waals surface area contributed by atoms with Crippen molar-refractivity contribution in [1.29, 1.82) is 0 Å². The lowest BCUT2D eigenvalue weighted by atomic mass is 9.99. The van der Waals surface area contributed by atoms with Gasteiger partial charge in [0.15, 0.2) is 5.65 Å². The summed E-state index contributed by atoms with van der Waals surface area (Å²) in [6, 6.07) is 2.27. The van der Waals surface area contributed by atoms with Crippen molar-refractivity contribution in [2.24, 2.45) is 5.92 Å². The first-order chi connectivity index (χ1) is 9.10. The Hall–Kier alpha value is -1.69. The molecule has 0 radical (unpaired) electrons. The van der Waals surface area contributed by atoms with Crippen molar-refractivity contribution in [2.45, 2.75) is 39.7 Å². The molecular weight excluding hydrogens is 242 g/mol. The van der Waals surface area contributed by atoms with E-state index < -0.39 is 0 Å². The Labute approximate surface area is 112 Å². The van der Waals surface area contributed by atoms with E-state index in [1.54, 1.807) is 0 Å². The van der Waals surface area contributed by atoms with Crippen LogP contribution in [0.3, 0.4) is 0 Å². The summed E-state index contributed by atoms with van der Waals surface area (Å²) >= 11 is 0. The second-order valence-corrected chi connectivity index (χ2v) is 5.23. The monoisotopic (exact) mass is 263 g/mol. The van der Waals surface area contributed by atoms with Crippen molar-refractivity contribution in [1.82, 2.24) is 24.9 Å². The van der Waals surface area contributed by atoms with Gasteiger partial charge in [0.2, 0.25) is 0 Å². The molecule has 19 heavy (non-hydrogen) atoms. The van der Waals surface area contributed by atoms with Gasteiger partial charge in [-0.25, -0.2) is 19.3 Å². The van der Waals surface area contributed by atoms with Gasteiger partial charge in [-0.1, -0.05) is 20.8 Å². The summed E-state index contributed by atoms with van der Waals surface area (Å²) < 4.78 is 1.41. The topological polar surface area (TPSA) is 75.1 Å². The van der Waals surface area contributed by atoms with Gasteiger partial charge < -0.3 is 5.32 Å². The van der Waals surface area contributed by atoms with Gasteiger partial charge in [0.1, 0.15) is 6.33 Å². The molecule has 0 aromatic carbocycles. The lowest BCUT2D eigenvalue weighted by molar-refractivity contribution is 0.421. The average molecular weight is 263 g/mol. The standard InChI is InChI=1S/C13H21N5O/c1-4-14-10(5-9(2)3)6-11-7-12-16-17-13(19)18(12)8-15-11/h7-10,14H,4-6H2,1-3H3,(H,17,19). The summed E-state index contributed by atoms with van der Waals surface area (Å²) in [5.41, 5.74) is 1.33. The Balaban J connectivity index is 2.16. The summed E-state index contributed by atoms with van der Waals surface area (Å²) in [7, 11) is 0. The fourth-order valence-electron chi connectivity index (χ4n) is 2.31. The zero-order valence-electron chi connectivity index (χ0n) is 11.7. The third-order valence-corrected chi connectivity index (χ3v) is 3.07. The number of rotatable bonds is 6. The predicted octanol–water partition coefficient (Wildman–Crippen LogP) is 0.984. The van der Waals surface area contributed by atoms with Crippen LogP contribution in [-0.2, 0) is 6.42 Å². The van der Waals surface area contributed by atoms with Crippen molar-refractivity contribution in [3.63, 3.8) is 0 Å². The molecule has 0 amide bonds. The van der Waals surface area contributed by atoms with Gasteiger partial charge in [-0.3, -0.25) is 0 Å². The number of nitrogens with one attached hydrogen (secondary N) is 2. The number of likely N-dealkylation sites (N-methyl/N-ethyl adjacent to an activating group) is 1. The molecule has 6 heteroatoms. The lowest BCUT2D eigenvalue weighted by Crippen LogP contribution is -2.32. The maximum Gasteiger partial charge on any atom is 0.348 e. The minimum atomic E-state index is -0.250. The SMILES string of the molecule is CCNC(Cc1cc2n[nH]c(=O)n2cn1)CC(C)C. The molecule has 0 saturated heterocycles. The number of H-pyrrole nitrogens is 1. The normalized spacial score (nSPS) is 13.3. The molecule has 104 valence electrons. The number of aromatic amines is 1. The van der Waals surface area contributed by atoms with Crippen LogP contribution in [0.15, 0.2) is 17.2 Å². The van der Waals surface area contributed by atoms with Crippen LogP contribution in [0.25, 0.3) is 5.65 Å². The molecule has 6 nitrogen and oxygen atoms in total. The average Bonchev–Trinajstić information content (AvgIpc) is 2.70. The largest absolute Gasteiger partial charge is 0.348 e. The number of fused-ring (bicyclic) bond motifs is 1. The Morgan fingerprint density at radius 3 is 2.95 bits per heavy atom. The molecule has 0 aliphatic carbocycles. The van der Waals surface area contributed by atoms with E-state index in [1.807, 2.05) is 6.07 Å². The molecule has 0 spiro atoms. The minimum Gasteiger partial charge on any atom is -0.314 e. The van der Waals surface area contributed by atoms with E-state index in [9.17, 15) is 4.79 Å². The first-order valence-electron chi connectivity index (χ1n) is 6.75. The fourth-order valence-corrected chi connectivity index (χ4v) is 2.31. The van der Waals surface area contributed by atoms with Crippen LogP contribution < -0.4 is 11.0 Å². The summed E-state index contributed by atoms with van der Waals surface area (Å²) in [4.78, 5) is 15.7. The maximum atomic E-state index is 11.4. The van der Waals surface area contributed by atoms with E-state index in [4.69, 9.17) is 0 Å². The van der Waals surface area contributed by atoms with Crippen molar-refractivity contribution >= 4 is 5.65 Å². The summed E-state index contributed by atoms with van der Waals surface area (Å²) in [6.45, 7) is 7.49. The maximum absolute atomic E-state index is 11.4. The van der Waals surface area contributed by atoms with Crippen LogP contribution in [0.4, 0.5) is 0 Å². The highest BCUT2D eigenvalue weighted by molar-refractivity contribution is 5.36. The lowest BCUT2D eigenvalue weighted by Gasteiger charge is -2.19. The smallest absolute Gasteiger partial charge is 0.314 e. The summed E-state index contributed by atoms with van der Waals surface area (Å²) in [5, 5.41) is 9.85. The van der Waals surface area contributed by atoms with E-state index in [0.29, 0.717) is 17.6 Å². The molecule has 0 saturated carbocycles. The van der Waals surface area contributed by atoms with E-state index in [-0.39, 0.29) is 5.69 Å². The van der Waals surface area contributed by atoms with E-state index in [2.05, 4.69) is 41.3 Å². The van der Waals surface area contributed by atoms with Gasteiger partial charge in [-0.05, 0) is 18.9 Å². The van der Waals surface area contributed by atoms with Gasteiger partial charge in [-0.2, -0.15) is 5.10 Å². The van der Waals surface area contributed by atoms with Crippen molar-refractivity contribution in [2.75, 3.05) is 6.54 Å². The zero-order valence-corrected chi connectivity index (χ0v) is 11.7. The number of hydrogen-bond acceptors (Lipinski definition) is 4. The Bertz CT molecular complexity index is 586. The molecule has 1 atom stereocenters. The van der Waals surface area contributed by atoms with Crippen molar-refractivity contribution in [3.05, 3.63) is 28.6 Å². The first kappa shape index (κ1) is 13.7. The quantitative estimate of drug-likeness (QED) is 0.815. The van der Waals surface area contributed by atoms with Gasteiger partial charge in [0.05, 0.1) is 0 Å². The molecule has 2 heterocycles. The van der Waals surface area contributed by atoms with E-state index in [0.717, 1.165) is 25.1 Å². The Morgan fingerprint density at radius 2 is 2.26 bits per heavy atom. The first-order valence-corrected chi connectivity index (χ1v) is 6.75. The Morgan fingerprint density at radius 1 is 1.47 bits per heavy atom. The van der Waals surface area contributed by atoms with Crippen LogP contribution in [0.1, 0.15) is 32.9 Å². The summed E-state index contributed by atoms with van der Waals surface area (Å²) in [6.07, 6.45) is 3.49.